The van der Waals surface area contributed by atoms with Crippen molar-refractivity contribution in [2.24, 2.45) is 0 Å². The number of hydrogen-bond acceptors (Lipinski definition) is 8. The van der Waals surface area contributed by atoms with Crippen LogP contribution >= 0.6 is 22.7 Å². The zero-order valence-corrected chi connectivity index (χ0v) is 16.4. The first-order valence-corrected chi connectivity index (χ1v) is 10.3. The molecule has 0 radical (unpaired) electrons. The van der Waals surface area contributed by atoms with E-state index in [0.717, 1.165) is 41.3 Å². The Kier molecular flexibility index (Phi) is 5.46. The van der Waals surface area contributed by atoms with Crippen molar-refractivity contribution in [2.75, 3.05) is 25.6 Å². The average Bonchev–Trinajstić information content (AvgIpc) is 3.36. The highest BCUT2D eigenvalue weighted by molar-refractivity contribution is 7.22. The summed E-state index contributed by atoms with van der Waals surface area (Å²) in [6.07, 6.45) is 5.49. The van der Waals surface area contributed by atoms with Crippen molar-refractivity contribution in [1.82, 2.24) is 20.3 Å². The smallest absolute Gasteiger partial charge is 0.321 e. The zero-order valence-electron chi connectivity index (χ0n) is 14.7. The van der Waals surface area contributed by atoms with Crippen LogP contribution in [0.15, 0.2) is 17.8 Å². The van der Waals surface area contributed by atoms with Crippen LogP contribution in [0.25, 0.3) is 10.2 Å². The Bertz CT molecular complexity index is 922. The third-order valence-electron chi connectivity index (χ3n) is 4.37. The summed E-state index contributed by atoms with van der Waals surface area (Å²) in [4.78, 5) is 25.3. The molecule has 8 nitrogen and oxygen atoms in total. The molecular weight excluding hydrogens is 386 g/mol. The van der Waals surface area contributed by atoms with E-state index in [1.165, 1.54) is 22.7 Å². The van der Waals surface area contributed by atoms with Crippen LogP contribution in [-0.4, -0.2) is 41.3 Å². The van der Waals surface area contributed by atoms with E-state index >= 15 is 0 Å². The predicted octanol–water partition coefficient (Wildman–Crippen LogP) is 3.37. The third kappa shape index (κ3) is 4.02. The van der Waals surface area contributed by atoms with Crippen molar-refractivity contribution in [3.8, 4) is 5.88 Å². The number of fused-ring (bicyclic) bond motifs is 1. The summed E-state index contributed by atoms with van der Waals surface area (Å²) in [5.74, 6) is 0.847. The number of urea groups is 1. The Labute approximate surface area is 164 Å². The van der Waals surface area contributed by atoms with E-state index in [0.29, 0.717) is 29.0 Å². The molecular formula is C17H19N5O3S2. The van der Waals surface area contributed by atoms with Crippen molar-refractivity contribution >= 4 is 44.1 Å². The Morgan fingerprint density at radius 1 is 1.37 bits per heavy atom. The molecule has 10 heteroatoms. The molecule has 3 aromatic heterocycles. The summed E-state index contributed by atoms with van der Waals surface area (Å²) in [6, 6.07) is -0.316. The largest absolute Gasteiger partial charge is 0.479 e. The topological polar surface area (TPSA) is 98.3 Å². The highest BCUT2D eigenvalue weighted by atomic mass is 32.1. The normalized spacial score (nSPS) is 15.0. The molecule has 1 aliphatic heterocycles. The van der Waals surface area contributed by atoms with Gasteiger partial charge in [0.05, 0.1) is 18.4 Å². The maximum absolute atomic E-state index is 12.2. The highest BCUT2D eigenvalue weighted by Crippen LogP contribution is 2.39. The van der Waals surface area contributed by atoms with Crippen molar-refractivity contribution < 1.29 is 14.3 Å². The lowest BCUT2D eigenvalue weighted by molar-refractivity contribution is 0.0855. The lowest BCUT2D eigenvalue weighted by atomic mass is 9.93. The second-order valence-electron chi connectivity index (χ2n) is 6.04. The zero-order chi connectivity index (χ0) is 18.6. The Hall–Kier alpha value is -2.30. The number of anilines is 1. The van der Waals surface area contributed by atoms with Crippen molar-refractivity contribution in [3.63, 3.8) is 0 Å². The van der Waals surface area contributed by atoms with E-state index < -0.39 is 0 Å². The van der Waals surface area contributed by atoms with Gasteiger partial charge in [0.2, 0.25) is 5.88 Å². The van der Waals surface area contributed by atoms with Gasteiger partial charge in [-0.1, -0.05) is 11.3 Å². The highest BCUT2D eigenvalue weighted by Gasteiger charge is 2.23. The van der Waals surface area contributed by atoms with Gasteiger partial charge in [0.1, 0.15) is 10.5 Å². The van der Waals surface area contributed by atoms with Gasteiger partial charge in [-0.05, 0) is 24.3 Å². The molecule has 0 aromatic carbocycles. The number of ether oxygens (including phenoxy) is 2. The lowest BCUT2D eigenvalue weighted by Crippen LogP contribution is -2.28. The number of thiazole rings is 2. The van der Waals surface area contributed by atoms with Gasteiger partial charge in [0, 0.05) is 31.0 Å². The first-order valence-electron chi connectivity index (χ1n) is 8.59. The molecule has 3 aromatic rings. The van der Waals surface area contributed by atoms with E-state index in [9.17, 15) is 4.79 Å². The summed E-state index contributed by atoms with van der Waals surface area (Å²) < 4.78 is 11.8. The van der Waals surface area contributed by atoms with Crippen LogP contribution in [-0.2, 0) is 11.3 Å². The predicted molar refractivity (Wildman–Crippen MR) is 105 cm³/mol. The van der Waals surface area contributed by atoms with Crippen molar-refractivity contribution in [1.29, 1.82) is 0 Å². The number of hydrogen-bond donors (Lipinski definition) is 2. The number of pyridine rings is 1. The summed E-state index contributed by atoms with van der Waals surface area (Å²) in [5, 5.41) is 8.83. The minimum absolute atomic E-state index is 0.316. The molecule has 2 amide bonds. The average molecular weight is 406 g/mol. The molecule has 1 saturated heterocycles. The summed E-state index contributed by atoms with van der Waals surface area (Å²) in [7, 11) is 1.57. The van der Waals surface area contributed by atoms with Gasteiger partial charge in [-0.2, -0.15) is 0 Å². The van der Waals surface area contributed by atoms with Crippen molar-refractivity contribution in [3.05, 3.63) is 28.3 Å². The number of nitrogens with zero attached hydrogens (tertiary/aromatic N) is 3. The Balaban J connectivity index is 1.55. The van der Waals surface area contributed by atoms with Crippen LogP contribution in [0, 0.1) is 0 Å². The van der Waals surface area contributed by atoms with Gasteiger partial charge in [-0.3, -0.25) is 5.32 Å². The number of aromatic nitrogens is 3. The van der Waals surface area contributed by atoms with Crippen LogP contribution in [0.2, 0.25) is 0 Å². The molecule has 0 bridgehead atoms. The second-order valence-corrected chi connectivity index (χ2v) is 8.02. The molecule has 1 fully saturated rings. The standard InChI is InChI=1S/C17H19N5O3S2/c1-24-15-13-14(11(8-19-15)10-2-5-25-6-3-10)27-17(21-13)22-16(23)20-9-12-18-4-7-26-12/h4,7-8,10H,2-3,5-6,9H2,1H3,(H2,20,21,22,23). The van der Waals surface area contributed by atoms with E-state index in [2.05, 4.69) is 25.6 Å². The first kappa shape index (κ1) is 18.1. The summed E-state index contributed by atoms with van der Waals surface area (Å²) in [5.41, 5.74) is 1.82. The van der Waals surface area contributed by atoms with Gasteiger partial charge < -0.3 is 14.8 Å². The van der Waals surface area contributed by atoms with Gasteiger partial charge in [0.15, 0.2) is 5.13 Å². The van der Waals surface area contributed by atoms with Gasteiger partial charge in [-0.25, -0.2) is 19.7 Å². The Morgan fingerprint density at radius 3 is 2.96 bits per heavy atom. The van der Waals surface area contributed by atoms with Crippen LogP contribution in [0.4, 0.5) is 9.93 Å². The minimum atomic E-state index is -0.316. The minimum Gasteiger partial charge on any atom is -0.479 e. The number of carbonyl (C=O) groups is 1. The van der Waals surface area contributed by atoms with Crippen LogP contribution < -0.4 is 15.4 Å². The number of carbonyl (C=O) groups excluding carboxylic acids is 1. The van der Waals surface area contributed by atoms with Gasteiger partial charge >= 0.3 is 6.03 Å². The molecule has 0 aliphatic carbocycles. The number of nitrogens with one attached hydrogen (secondary N) is 2. The van der Waals surface area contributed by atoms with E-state index in [1.54, 1.807) is 13.3 Å². The van der Waals surface area contributed by atoms with E-state index in [1.807, 2.05) is 11.6 Å². The third-order valence-corrected chi connectivity index (χ3v) is 6.17. The maximum Gasteiger partial charge on any atom is 0.321 e. The monoisotopic (exact) mass is 405 g/mol. The molecule has 0 saturated carbocycles. The number of methoxy groups -OCH3 is 1. The lowest BCUT2D eigenvalue weighted by Gasteiger charge is -2.22. The first-order chi connectivity index (χ1) is 13.2. The molecule has 142 valence electrons. The molecule has 1 aliphatic rings. The molecule has 0 unspecified atom stereocenters. The van der Waals surface area contributed by atoms with Crippen molar-refractivity contribution in [2.45, 2.75) is 25.3 Å². The van der Waals surface area contributed by atoms with E-state index in [-0.39, 0.29) is 6.03 Å². The fourth-order valence-electron chi connectivity index (χ4n) is 3.05. The van der Waals surface area contributed by atoms with Crippen LogP contribution in [0.3, 0.4) is 0 Å². The molecule has 27 heavy (non-hydrogen) atoms. The Morgan fingerprint density at radius 2 is 2.22 bits per heavy atom. The second kappa shape index (κ2) is 8.15. The molecule has 2 N–H and O–H groups in total. The van der Waals surface area contributed by atoms with Crippen LogP contribution in [0.1, 0.15) is 29.3 Å². The van der Waals surface area contributed by atoms with E-state index in [4.69, 9.17) is 9.47 Å². The quantitative estimate of drug-likeness (QED) is 0.675. The van der Waals surface area contributed by atoms with Crippen LogP contribution in [0.5, 0.6) is 5.88 Å². The SMILES string of the molecule is COc1ncc(C2CCOCC2)c2sc(NC(=O)NCc3nccs3)nc12. The fraction of sp³-hybridized carbons (Fsp3) is 0.412. The molecule has 0 atom stereocenters. The number of rotatable bonds is 5. The summed E-state index contributed by atoms with van der Waals surface area (Å²) >= 11 is 2.94. The molecule has 4 heterocycles. The summed E-state index contributed by atoms with van der Waals surface area (Å²) in [6.45, 7) is 1.88. The number of amides is 2. The fourth-order valence-corrected chi connectivity index (χ4v) is 4.65. The molecule has 0 spiro atoms. The van der Waals surface area contributed by atoms with Gasteiger partial charge in [0.25, 0.3) is 0 Å². The van der Waals surface area contributed by atoms with Gasteiger partial charge in [-0.15, -0.1) is 11.3 Å². The molecule has 4 rings (SSSR count). The maximum atomic E-state index is 12.2.